The number of hydrogen-bond donors (Lipinski definition) is 1. The molecular formula is C14H19F2NO4. The summed E-state index contributed by atoms with van der Waals surface area (Å²) in [5.74, 6) is 0.0585. The van der Waals surface area contributed by atoms with Crippen molar-refractivity contribution in [3.8, 4) is 11.5 Å². The molecule has 7 heteroatoms. The number of benzene rings is 1. The molecule has 21 heavy (non-hydrogen) atoms. The maximum atomic E-state index is 12.9. The van der Waals surface area contributed by atoms with Crippen LogP contribution in [0.2, 0.25) is 0 Å². The largest absolute Gasteiger partial charge is 0.586 e. The van der Waals surface area contributed by atoms with Crippen LogP contribution in [0.4, 0.5) is 14.5 Å². The Morgan fingerprint density at radius 3 is 2.48 bits per heavy atom. The molecule has 0 saturated carbocycles. The number of hydrogen-bond acceptors (Lipinski definition) is 5. The van der Waals surface area contributed by atoms with E-state index in [0.29, 0.717) is 31.9 Å². The van der Waals surface area contributed by atoms with Gasteiger partial charge in [-0.15, -0.1) is 8.78 Å². The Morgan fingerprint density at radius 2 is 1.81 bits per heavy atom. The number of rotatable bonds is 8. The lowest BCUT2D eigenvalue weighted by atomic mass is 10.2. The smallest absolute Gasteiger partial charge is 0.395 e. The van der Waals surface area contributed by atoms with Gasteiger partial charge in [-0.3, -0.25) is 0 Å². The van der Waals surface area contributed by atoms with E-state index in [-0.39, 0.29) is 17.8 Å². The summed E-state index contributed by atoms with van der Waals surface area (Å²) < 4.78 is 45.4. The Labute approximate surface area is 122 Å². The second kappa shape index (κ2) is 6.91. The van der Waals surface area contributed by atoms with Crippen LogP contribution in [0.1, 0.15) is 20.3 Å². The molecule has 1 N–H and O–H groups in total. The highest BCUT2D eigenvalue weighted by molar-refractivity contribution is 5.55. The van der Waals surface area contributed by atoms with Gasteiger partial charge in [0.2, 0.25) is 0 Å². The summed E-state index contributed by atoms with van der Waals surface area (Å²) in [6.45, 7) is 5.53. The summed E-state index contributed by atoms with van der Waals surface area (Å²) in [6, 6.07) is 4.58. The van der Waals surface area contributed by atoms with Gasteiger partial charge in [0.25, 0.3) is 0 Å². The van der Waals surface area contributed by atoms with E-state index in [0.717, 1.165) is 0 Å². The van der Waals surface area contributed by atoms with Crippen LogP contribution in [-0.4, -0.2) is 32.3 Å². The van der Waals surface area contributed by atoms with E-state index in [4.69, 9.17) is 9.47 Å². The molecule has 0 bridgehead atoms. The third-order valence-corrected chi connectivity index (χ3v) is 2.82. The van der Waals surface area contributed by atoms with Crippen LogP contribution in [-0.2, 0) is 9.47 Å². The number of anilines is 1. The lowest BCUT2D eigenvalue weighted by Crippen LogP contribution is -2.25. The molecule has 0 atom stereocenters. The molecule has 1 aliphatic heterocycles. The fraction of sp³-hybridized carbons (Fsp3) is 0.571. The monoisotopic (exact) mass is 303 g/mol. The van der Waals surface area contributed by atoms with Gasteiger partial charge in [0.1, 0.15) is 0 Å². The Kier molecular flexibility index (Phi) is 5.19. The fourth-order valence-corrected chi connectivity index (χ4v) is 1.98. The van der Waals surface area contributed by atoms with Crippen molar-refractivity contribution in [2.24, 2.45) is 0 Å². The summed E-state index contributed by atoms with van der Waals surface area (Å²) in [7, 11) is 0. The normalized spacial score (nSPS) is 15.5. The first-order valence-corrected chi connectivity index (χ1v) is 6.91. The molecule has 1 heterocycles. The average molecular weight is 303 g/mol. The van der Waals surface area contributed by atoms with Crippen molar-refractivity contribution >= 4 is 5.69 Å². The van der Waals surface area contributed by atoms with Gasteiger partial charge in [-0.25, -0.2) is 0 Å². The van der Waals surface area contributed by atoms with E-state index in [1.165, 1.54) is 12.1 Å². The zero-order valence-corrected chi connectivity index (χ0v) is 12.0. The first kappa shape index (κ1) is 15.8. The molecule has 0 spiro atoms. The van der Waals surface area contributed by atoms with E-state index in [9.17, 15) is 8.78 Å². The van der Waals surface area contributed by atoms with Gasteiger partial charge < -0.3 is 24.3 Å². The molecule has 0 radical (unpaired) electrons. The number of nitrogens with one attached hydrogen (secondary N) is 1. The minimum Gasteiger partial charge on any atom is -0.395 e. The Hall–Kier alpha value is -1.60. The first-order valence-electron chi connectivity index (χ1n) is 6.91. The fourth-order valence-electron chi connectivity index (χ4n) is 1.98. The Morgan fingerprint density at radius 1 is 1.14 bits per heavy atom. The van der Waals surface area contributed by atoms with Gasteiger partial charge in [-0.2, -0.15) is 0 Å². The van der Waals surface area contributed by atoms with Gasteiger partial charge in [-0.05, 0) is 26.0 Å². The molecule has 0 amide bonds. The molecule has 0 saturated heterocycles. The van der Waals surface area contributed by atoms with Crippen molar-refractivity contribution in [2.75, 3.05) is 25.1 Å². The molecule has 2 rings (SSSR count). The third-order valence-electron chi connectivity index (χ3n) is 2.82. The third kappa shape index (κ3) is 4.44. The second-order valence-electron chi connectivity index (χ2n) is 4.38. The molecule has 0 fully saturated rings. The molecule has 1 aliphatic rings. The first-order chi connectivity index (χ1) is 10.0. The van der Waals surface area contributed by atoms with E-state index in [1.54, 1.807) is 6.07 Å². The summed E-state index contributed by atoms with van der Waals surface area (Å²) >= 11 is 0. The molecule has 0 aromatic heterocycles. The highest BCUT2D eigenvalue weighted by atomic mass is 19.3. The van der Waals surface area contributed by atoms with Crippen molar-refractivity contribution in [3.05, 3.63) is 18.2 Å². The molecule has 1 aromatic carbocycles. The van der Waals surface area contributed by atoms with E-state index in [1.807, 2.05) is 13.8 Å². The maximum absolute atomic E-state index is 12.9. The van der Waals surface area contributed by atoms with Crippen molar-refractivity contribution < 1.29 is 27.7 Å². The Bertz CT molecular complexity index is 464. The average Bonchev–Trinajstić information content (AvgIpc) is 2.72. The molecule has 5 nitrogen and oxygen atoms in total. The summed E-state index contributed by atoms with van der Waals surface area (Å²) in [5, 5.41) is 3.11. The molecule has 0 unspecified atom stereocenters. The lowest BCUT2D eigenvalue weighted by Gasteiger charge is -2.17. The van der Waals surface area contributed by atoms with Crippen LogP contribution in [0.5, 0.6) is 11.5 Å². The van der Waals surface area contributed by atoms with Crippen LogP contribution in [0, 0.1) is 0 Å². The SMILES string of the molecule is CCOC(CCNc1ccc2c(c1)OC(F)(F)O2)OCC. The molecular weight excluding hydrogens is 284 g/mol. The number of ether oxygens (including phenoxy) is 4. The highest BCUT2D eigenvalue weighted by Crippen LogP contribution is 2.42. The maximum Gasteiger partial charge on any atom is 0.586 e. The number of fused-ring (bicyclic) bond motifs is 1. The Balaban J connectivity index is 1.85. The van der Waals surface area contributed by atoms with Gasteiger partial charge in [-0.1, -0.05) is 0 Å². The van der Waals surface area contributed by atoms with Crippen LogP contribution in [0.3, 0.4) is 0 Å². The van der Waals surface area contributed by atoms with Crippen molar-refractivity contribution in [3.63, 3.8) is 0 Å². The van der Waals surface area contributed by atoms with Gasteiger partial charge in [0, 0.05) is 37.9 Å². The van der Waals surface area contributed by atoms with Crippen LogP contribution in [0.15, 0.2) is 18.2 Å². The van der Waals surface area contributed by atoms with E-state index >= 15 is 0 Å². The minimum absolute atomic E-state index is 0.0242. The van der Waals surface area contributed by atoms with Crippen LogP contribution >= 0.6 is 0 Å². The van der Waals surface area contributed by atoms with Crippen molar-refractivity contribution in [2.45, 2.75) is 32.9 Å². The van der Waals surface area contributed by atoms with E-state index in [2.05, 4.69) is 14.8 Å². The molecule has 0 aliphatic carbocycles. The zero-order chi connectivity index (χ0) is 15.3. The van der Waals surface area contributed by atoms with E-state index < -0.39 is 6.29 Å². The number of alkyl halides is 2. The minimum atomic E-state index is -3.59. The molecule has 1 aromatic rings. The standard InChI is InChI=1S/C14H19F2NO4/c1-3-18-13(19-4-2)7-8-17-10-5-6-11-12(9-10)21-14(15,16)20-11/h5-6,9,13,17H,3-4,7-8H2,1-2H3. The topological polar surface area (TPSA) is 49.0 Å². The summed E-state index contributed by atoms with van der Waals surface area (Å²) in [6.07, 6.45) is -3.21. The van der Waals surface area contributed by atoms with Crippen molar-refractivity contribution in [1.82, 2.24) is 0 Å². The summed E-state index contributed by atoms with van der Waals surface area (Å²) in [4.78, 5) is 0. The lowest BCUT2D eigenvalue weighted by molar-refractivity contribution is -0.286. The quantitative estimate of drug-likeness (QED) is 0.747. The zero-order valence-electron chi connectivity index (χ0n) is 12.0. The number of halogens is 2. The van der Waals surface area contributed by atoms with Gasteiger partial charge in [0.15, 0.2) is 17.8 Å². The highest BCUT2D eigenvalue weighted by Gasteiger charge is 2.43. The van der Waals surface area contributed by atoms with Gasteiger partial charge in [0.05, 0.1) is 0 Å². The van der Waals surface area contributed by atoms with Crippen LogP contribution in [0.25, 0.3) is 0 Å². The predicted octanol–water partition coefficient (Wildman–Crippen LogP) is 3.21. The molecule has 118 valence electrons. The van der Waals surface area contributed by atoms with Crippen molar-refractivity contribution in [1.29, 1.82) is 0 Å². The predicted molar refractivity (Wildman–Crippen MR) is 72.8 cm³/mol. The van der Waals surface area contributed by atoms with Gasteiger partial charge >= 0.3 is 6.29 Å². The van der Waals surface area contributed by atoms with Crippen LogP contribution < -0.4 is 14.8 Å². The second-order valence-corrected chi connectivity index (χ2v) is 4.38. The summed E-state index contributed by atoms with van der Waals surface area (Å²) in [5.41, 5.74) is 0.668.